The largest absolute Gasteiger partial charge is 0.486 e. The van der Waals surface area contributed by atoms with E-state index in [0.717, 1.165) is 9.35 Å². The average Bonchev–Trinajstić information content (AvgIpc) is 2.99. The number of anilines is 1. The second-order valence-corrected chi connectivity index (χ2v) is 6.25. The molecule has 1 aromatic heterocycles. The smallest absolute Gasteiger partial charge is 0.319 e. The Hall–Kier alpha value is -1.73. The minimum atomic E-state index is -0.263. The molecule has 7 heteroatoms. The molecule has 0 spiro atoms. The fraction of sp³-hybridized carbons (Fsp3) is 0.214. The Morgan fingerprint density at radius 2 is 2.05 bits per heavy atom. The molecule has 110 valence electrons. The summed E-state index contributed by atoms with van der Waals surface area (Å²) >= 11 is 5.02. The number of carbonyl (C=O) groups excluding carboxylic acids is 1. The summed E-state index contributed by atoms with van der Waals surface area (Å²) in [5.74, 6) is 1.32. The Kier molecular flexibility index (Phi) is 4.31. The van der Waals surface area contributed by atoms with Gasteiger partial charge in [0, 0.05) is 21.5 Å². The predicted molar refractivity (Wildman–Crippen MR) is 85.3 cm³/mol. The normalized spacial score (nSPS) is 12.8. The van der Waals surface area contributed by atoms with Gasteiger partial charge >= 0.3 is 6.03 Å². The van der Waals surface area contributed by atoms with E-state index in [0.29, 0.717) is 36.9 Å². The van der Waals surface area contributed by atoms with Crippen LogP contribution in [0.4, 0.5) is 10.5 Å². The van der Waals surface area contributed by atoms with Crippen molar-refractivity contribution in [2.45, 2.75) is 6.54 Å². The molecule has 0 bridgehead atoms. The Labute approximate surface area is 134 Å². The number of carbonyl (C=O) groups is 1. The molecule has 2 N–H and O–H groups in total. The third kappa shape index (κ3) is 3.48. The molecule has 0 radical (unpaired) electrons. The number of rotatable bonds is 3. The highest BCUT2D eigenvalue weighted by Crippen LogP contribution is 2.38. The summed E-state index contributed by atoms with van der Waals surface area (Å²) in [4.78, 5) is 13.0. The summed E-state index contributed by atoms with van der Waals surface area (Å²) in [6.45, 7) is 1.55. The number of hydrogen-bond donors (Lipinski definition) is 2. The van der Waals surface area contributed by atoms with Crippen LogP contribution in [0.25, 0.3) is 0 Å². The first kappa shape index (κ1) is 14.2. The molecule has 0 saturated carbocycles. The maximum Gasteiger partial charge on any atom is 0.319 e. The predicted octanol–water partition coefficient (Wildman–Crippen LogP) is 3.60. The quantitative estimate of drug-likeness (QED) is 0.869. The third-order valence-electron chi connectivity index (χ3n) is 2.88. The SMILES string of the molecule is O=C(NCc1cccs1)Nc1cc2c(cc1Br)OCCO2. The number of hydrogen-bond acceptors (Lipinski definition) is 4. The minimum absolute atomic E-state index is 0.263. The summed E-state index contributed by atoms with van der Waals surface area (Å²) in [6.07, 6.45) is 0. The number of ether oxygens (including phenoxy) is 2. The molecule has 1 aliphatic heterocycles. The summed E-state index contributed by atoms with van der Waals surface area (Å²) in [5.41, 5.74) is 0.642. The lowest BCUT2D eigenvalue weighted by atomic mass is 10.2. The van der Waals surface area contributed by atoms with E-state index in [9.17, 15) is 4.79 Å². The number of benzene rings is 1. The van der Waals surface area contributed by atoms with E-state index in [4.69, 9.17) is 9.47 Å². The molecule has 21 heavy (non-hydrogen) atoms. The fourth-order valence-corrected chi connectivity index (χ4v) is 2.97. The molecular formula is C14H13BrN2O3S. The van der Waals surface area contributed by atoms with E-state index < -0.39 is 0 Å². The second kappa shape index (κ2) is 6.36. The maximum atomic E-state index is 11.9. The van der Waals surface area contributed by atoms with Crippen molar-refractivity contribution in [1.29, 1.82) is 0 Å². The lowest BCUT2D eigenvalue weighted by Crippen LogP contribution is -2.28. The van der Waals surface area contributed by atoms with E-state index in [-0.39, 0.29) is 6.03 Å². The van der Waals surface area contributed by atoms with Crippen LogP contribution in [-0.4, -0.2) is 19.2 Å². The number of fused-ring (bicyclic) bond motifs is 1. The number of thiophene rings is 1. The van der Waals surface area contributed by atoms with Crippen molar-refractivity contribution in [1.82, 2.24) is 5.32 Å². The number of halogens is 1. The van der Waals surface area contributed by atoms with Crippen LogP contribution in [0.15, 0.2) is 34.1 Å². The van der Waals surface area contributed by atoms with Crippen LogP contribution in [-0.2, 0) is 6.54 Å². The number of nitrogens with one attached hydrogen (secondary N) is 2. The Morgan fingerprint density at radius 1 is 1.29 bits per heavy atom. The highest BCUT2D eigenvalue weighted by Gasteiger charge is 2.16. The van der Waals surface area contributed by atoms with Crippen molar-refractivity contribution in [2.75, 3.05) is 18.5 Å². The van der Waals surface area contributed by atoms with Crippen LogP contribution in [0.5, 0.6) is 11.5 Å². The molecule has 2 amide bonds. The maximum absolute atomic E-state index is 11.9. The standard InChI is InChI=1S/C14H13BrN2O3S/c15-10-6-12-13(20-4-3-19-12)7-11(10)17-14(18)16-8-9-2-1-5-21-9/h1-2,5-7H,3-4,8H2,(H2,16,17,18). The van der Waals surface area contributed by atoms with E-state index in [1.807, 2.05) is 17.5 Å². The van der Waals surface area contributed by atoms with Gasteiger partial charge in [-0.05, 0) is 27.4 Å². The Morgan fingerprint density at radius 3 is 2.76 bits per heavy atom. The molecule has 2 aromatic rings. The molecule has 3 rings (SSSR count). The van der Waals surface area contributed by atoms with Crippen LogP contribution in [0.1, 0.15) is 4.88 Å². The first-order valence-electron chi connectivity index (χ1n) is 6.39. The van der Waals surface area contributed by atoms with E-state index in [1.165, 1.54) is 0 Å². The van der Waals surface area contributed by atoms with Crippen LogP contribution >= 0.6 is 27.3 Å². The molecule has 5 nitrogen and oxygen atoms in total. The van der Waals surface area contributed by atoms with Gasteiger partial charge in [-0.3, -0.25) is 0 Å². The van der Waals surface area contributed by atoms with Crippen molar-refractivity contribution in [3.05, 3.63) is 39.0 Å². The summed E-state index contributed by atoms with van der Waals surface area (Å²) in [7, 11) is 0. The topological polar surface area (TPSA) is 59.6 Å². The third-order valence-corrected chi connectivity index (χ3v) is 4.42. The van der Waals surface area contributed by atoms with Gasteiger partial charge in [0.05, 0.1) is 12.2 Å². The number of urea groups is 1. The molecule has 0 fully saturated rings. The zero-order chi connectivity index (χ0) is 14.7. The van der Waals surface area contributed by atoms with Crippen molar-refractivity contribution < 1.29 is 14.3 Å². The second-order valence-electron chi connectivity index (χ2n) is 4.36. The fourth-order valence-electron chi connectivity index (χ4n) is 1.91. The van der Waals surface area contributed by atoms with Gasteiger partial charge in [-0.15, -0.1) is 11.3 Å². The van der Waals surface area contributed by atoms with Gasteiger partial charge < -0.3 is 20.1 Å². The lowest BCUT2D eigenvalue weighted by molar-refractivity contribution is 0.171. The molecule has 0 saturated heterocycles. The summed E-state index contributed by atoms with van der Waals surface area (Å²) in [6, 6.07) is 7.22. The van der Waals surface area contributed by atoms with Gasteiger partial charge in [0.1, 0.15) is 13.2 Å². The minimum Gasteiger partial charge on any atom is -0.486 e. The van der Waals surface area contributed by atoms with Gasteiger partial charge in [0.25, 0.3) is 0 Å². The zero-order valence-corrected chi connectivity index (χ0v) is 13.4. The molecule has 1 aliphatic rings. The van der Waals surface area contributed by atoms with Gasteiger partial charge in [-0.1, -0.05) is 6.07 Å². The van der Waals surface area contributed by atoms with Gasteiger partial charge in [0.15, 0.2) is 11.5 Å². The Balaban J connectivity index is 1.65. The average molecular weight is 369 g/mol. The highest BCUT2D eigenvalue weighted by atomic mass is 79.9. The van der Waals surface area contributed by atoms with Crippen molar-refractivity contribution in [2.24, 2.45) is 0 Å². The van der Waals surface area contributed by atoms with Crippen molar-refractivity contribution in [3.8, 4) is 11.5 Å². The van der Waals surface area contributed by atoms with Crippen LogP contribution in [0.3, 0.4) is 0 Å². The zero-order valence-electron chi connectivity index (χ0n) is 11.0. The molecular weight excluding hydrogens is 356 g/mol. The van der Waals surface area contributed by atoms with Crippen LogP contribution in [0, 0.1) is 0 Å². The van der Waals surface area contributed by atoms with Crippen molar-refractivity contribution in [3.63, 3.8) is 0 Å². The van der Waals surface area contributed by atoms with Gasteiger partial charge in [0.2, 0.25) is 0 Å². The monoisotopic (exact) mass is 368 g/mol. The highest BCUT2D eigenvalue weighted by molar-refractivity contribution is 9.10. The Bertz CT molecular complexity index is 646. The first-order valence-corrected chi connectivity index (χ1v) is 8.06. The first-order chi connectivity index (χ1) is 10.2. The van der Waals surface area contributed by atoms with E-state index in [2.05, 4.69) is 26.6 Å². The van der Waals surface area contributed by atoms with Crippen molar-refractivity contribution >= 4 is 39.0 Å². The van der Waals surface area contributed by atoms with E-state index in [1.54, 1.807) is 23.5 Å². The van der Waals surface area contributed by atoms with Crippen LogP contribution in [0.2, 0.25) is 0 Å². The molecule has 0 atom stereocenters. The summed E-state index contributed by atoms with van der Waals surface area (Å²) in [5, 5.41) is 7.58. The van der Waals surface area contributed by atoms with Gasteiger partial charge in [-0.2, -0.15) is 0 Å². The summed E-state index contributed by atoms with van der Waals surface area (Å²) < 4.78 is 11.7. The van der Waals surface area contributed by atoms with Gasteiger partial charge in [-0.25, -0.2) is 4.79 Å². The van der Waals surface area contributed by atoms with Crippen LogP contribution < -0.4 is 20.1 Å². The number of amides is 2. The molecule has 0 aliphatic carbocycles. The molecule has 0 unspecified atom stereocenters. The van der Waals surface area contributed by atoms with E-state index >= 15 is 0 Å². The molecule has 1 aromatic carbocycles. The molecule has 2 heterocycles. The lowest BCUT2D eigenvalue weighted by Gasteiger charge is -2.20.